The Hall–Kier alpha value is -1.97. The summed E-state index contributed by atoms with van der Waals surface area (Å²) in [5.74, 6) is 1.22. The van der Waals surface area contributed by atoms with Crippen molar-refractivity contribution in [3.8, 4) is 0 Å². The molecule has 2 heterocycles. The van der Waals surface area contributed by atoms with E-state index in [0.717, 1.165) is 23.0 Å². The predicted octanol–water partition coefficient (Wildman–Crippen LogP) is 3.26. The van der Waals surface area contributed by atoms with Gasteiger partial charge in [0.25, 0.3) is 5.91 Å². The van der Waals surface area contributed by atoms with Gasteiger partial charge in [0.1, 0.15) is 0 Å². The highest BCUT2D eigenvalue weighted by atomic mass is 16.2. The van der Waals surface area contributed by atoms with E-state index in [1.54, 1.807) is 0 Å². The average Bonchev–Trinajstić information content (AvgIpc) is 2.84. The molecular formula is C17H23N3O. The standard InChI is InChI=1S/C17H23N3O/c1-10-6-11(2)12(3)20(9-10)17(21)15-8-19-16-7-13(18)4-5-14(15)16/h4-5,7-8,10-12,19H,6,9,18H2,1-3H3. The molecule has 3 unspecified atom stereocenters. The van der Waals surface area contributed by atoms with Crippen LogP contribution in [0.4, 0.5) is 5.69 Å². The maximum atomic E-state index is 12.9. The van der Waals surface area contributed by atoms with Crippen LogP contribution in [-0.4, -0.2) is 28.4 Å². The molecule has 1 amide bonds. The van der Waals surface area contributed by atoms with Gasteiger partial charge < -0.3 is 15.6 Å². The Morgan fingerprint density at radius 3 is 2.86 bits per heavy atom. The van der Waals surface area contributed by atoms with E-state index in [-0.39, 0.29) is 11.9 Å². The molecule has 112 valence electrons. The van der Waals surface area contributed by atoms with Crippen LogP contribution in [0.2, 0.25) is 0 Å². The molecule has 1 aromatic carbocycles. The largest absolute Gasteiger partial charge is 0.399 e. The summed E-state index contributed by atoms with van der Waals surface area (Å²) in [6, 6.07) is 5.93. The molecule has 4 heteroatoms. The van der Waals surface area contributed by atoms with Crippen molar-refractivity contribution in [1.29, 1.82) is 0 Å². The first-order valence-corrected chi connectivity index (χ1v) is 7.65. The van der Waals surface area contributed by atoms with Crippen molar-refractivity contribution >= 4 is 22.5 Å². The number of nitrogens with two attached hydrogens (primary N) is 1. The van der Waals surface area contributed by atoms with Crippen LogP contribution in [0.15, 0.2) is 24.4 Å². The number of piperidine rings is 1. The van der Waals surface area contributed by atoms with E-state index in [0.29, 0.717) is 17.5 Å². The summed E-state index contributed by atoms with van der Waals surface area (Å²) in [4.78, 5) is 18.1. The molecular weight excluding hydrogens is 262 g/mol. The molecule has 0 saturated carbocycles. The Morgan fingerprint density at radius 1 is 1.33 bits per heavy atom. The number of nitrogens with one attached hydrogen (secondary N) is 1. The molecule has 1 fully saturated rings. The zero-order valence-electron chi connectivity index (χ0n) is 12.9. The SMILES string of the molecule is CC1CC(C)C(C)N(C(=O)c2c[nH]c3cc(N)ccc23)C1. The number of amides is 1. The number of likely N-dealkylation sites (tertiary alicyclic amines) is 1. The normalized spacial score (nSPS) is 26.2. The highest BCUT2D eigenvalue weighted by Crippen LogP contribution is 2.30. The molecule has 0 aliphatic carbocycles. The fourth-order valence-electron chi connectivity index (χ4n) is 3.46. The molecule has 1 saturated heterocycles. The van der Waals surface area contributed by atoms with Crippen molar-refractivity contribution in [2.75, 3.05) is 12.3 Å². The quantitative estimate of drug-likeness (QED) is 0.790. The zero-order valence-corrected chi connectivity index (χ0v) is 12.9. The lowest BCUT2D eigenvalue weighted by atomic mass is 9.85. The summed E-state index contributed by atoms with van der Waals surface area (Å²) in [5.41, 5.74) is 8.17. The highest BCUT2D eigenvalue weighted by molar-refractivity contribution is 6.07. The maximum Gasteiger partial charge on any atom is 0.256 e. The van der Waals surface area contributed by atoms with Gasteiger partial charge in [0.15, 0.2) is 0 Å². The van der Waals surface area contributed by atoms with Crippen LogP contribution in [0.1, 0.15) is 37.6 Å². The van der Waals surface area contributed by atoms with Gasteiger partial charge in [0.2, 0.25) is 0 Å². The summed E-state index contributed by atoms with van der Waals surface area (Å²) in [6.45, 7) is 7.45. The van der Waals surface area contributed by atoms with Crippen LogP contribution in [0, 0.1) is 11.8 Å². The van der Waals surface area contributed by atoms with E-state index in [4.69, 9.17) is 5.73 Å². The minimum absolute atomic E-state index is 0.122. The molecule has 3 N–H and O–H groups in total. The average molecular weight is 285 g/mol. The molecule has 3 rings (SSSR count). The molecule has 3 atom stereocenters. The molecule has 4 nitrogen and oxygen atoms in total. The number of rotatable bonds is 1. The van der Waals surface area contributed by atoms with Gasteiger partial charge >= 0.3 is 0 Å². The van der Waals surface area contributed by atoms with E-state index >= 15 is 0 Å². The number of carbonyl (C=O) groups is 1. The van der Waals surface area contributed by atoms with Gasteiger partial charge in [-0.25, -0.2) is 0 Å². The van der Waals surface area contributed by atoms with Crippen LogP contribution in [0.5, 0.6) is 0 Å². The van der Waals surface area contributed by atoms with Gasteiger partial charge in [0.05, 0.1) is 5.56 Å². The second-order valence-electron chi connectivity index (χ2n) is 6.52. The lowest BCUT2D eigenvalue weighted by molar-refractivity contribution is 0.0457. The molecule has 0 radical (unpaired) electrons. The van der Waals surface area contributed by atoms with Gasteiger partial charge in [-0.3, -0.25) is 4.79 Å². The number of hydrogen-bond donors (Lipinski definition) is 2. The van der Waals surface area contributed by atoms with Gasteiger partial charge in [-0.2, -0.15) is 0 Å². The summed E-state index contributed by atoms with van der Waals surface area (Å²) in [7, 11) is 0. The fraction of sp³-hybridized carbons (Fsp3) is 0.471. The first-order chi connectivity index (χ1) is 9.97. The van der Waals surface area contributed by atoms with E-state index in [1.807, 2.05) is 29.3 Å². The Balaban J connectivity index is 1.96. The maximum absolute atomic E-state index is 12.9. The predicted molar refractivity (Wildman–Crippen MR) is 86.2 cm³/mol. The molecule has 21 heavy (non-hydrogen) atoms. The second kappa shape index (κ2) is 5.10. The van der Waals surface area contributed by atoms with Crippen molar-refractivity contribution in [3.63, 3.8) is 0 Å². The van der Waals surface area contributed by atoms with Crippen LogP contribution in [-0.2, 0) is 0 Å². The number of carbonyl (C=O) groups excluding carboxylic acids is 1. The van der Waals surface area contributed by atoms with Crippen molar-refractivity contribution in [3.05, 3.63) is 30.0 Å². The number of hydrogen-bond acceptors (Lipinski definition) is 2. The molecule has 2 aromatic rings. The number of aromatic nitrogens is 1. The minimum Gasteiger partial charge on any atom is -0.399 e. The third-order valence-corrected chi connectivity index (χ3v) is 4.79. The Morgan fingerprint density at radius 2 is 2.10 bits per heavy atom. The smallest absolute Gasteiger partial charge is 0.256 e. The second-order valence-corrected chi connectivity index (χ2v) is 6.52. The lowest BCUT2D eigenvalue weighted by Gasteiger charge is -2.41. The molecule has 0 spiro atoms. The van der Waals surface area contributed by atoms with Gasteiger partial charge in [-0.15, -0.1) is 0 Å². The number of aromatic amines is 1. The van der Waals surface area contributed by atoms with Gasteiger partial charge in [-0.1, -0.05) is 13.8 Å². The Kier molecular flexibility index (Phi) is 3.40. The van der Waals surface area contributed by atoms with Crippen LogP contribution in [0.25, 0.3) is 10.9 Å². The van der Waals surface area contributed by atoms with Crippen LogP contribution >= 0.6 is 0 Å². The summed E-state index contributed by atoms with van der Waals surface area (Å²) in [6.07, 6.45) is 3.00. The van der Waals surface area contributed by atoms with E-state index in [2.05, 4.69) is 25.8 Å². The van der Waals surface area contributed by atoms with E-state index < -0.39 is 0 Å². The van der Waals surface area contributed by atoms with Crippen molar-refractivity contribution in [2.45, 2.75) is 33.2 Å². The van der Waals surface area contributed by atoms with Gasteiger partial charge in [0, 0.05) is 35.4 Å². The number of fused-ring (bicyclic) bond motifs is 1. The van der Waals surface area contributed by atoms with Gasteiger partial charge in [-0.05, 0) is 43.4 Å². The third kappa shape index (κ3) is 2.39. The molecule has 1 aromatic heterocycles. The van der Waals surface area contributed by atoms with Crippen molar-refractivity contribution in [1.82, 2.24) is 9.88 Å². The summed E-state index contributed by atoms with van der Waals surface area (Å²) in [5, 5.41) is 0.951. The first kappa shape index (κ1) is 14.0. The van der Waals surface area contributed by atoms with Crippen molar-refractivity contribution < 1.29 is 4.79 Å². The highest BCUT2D eigenvalue weighted by Gasteiger charge is 2.33. The number of nitrogens with zero attached hydrogens (tertiary/aromatic N) is 1. The molecule has 1 aliphatic heterocycles. The van der Waals surface area contributed by atoms with E-state index in [9.17, 15) is 4.79 Å². The van der Waals surface area contributed by atoms with Crippen LogP contribution in [0.3, 0.4) is 0 Å². The fourth-order valence-corrected chi connectivity index (χ4v) is 3.46. The Bertz CT molecular complexity index is 676. The lowest BCUT2D eigenvalue weighted by Crippen LogP contribution is -2.48. The zero-order chi connectivity index (χ0) is 15.1. The summed E-state index contributed by atoms with van der Waals surface area (Å²) >= 11 is 0. The first-order valence-electron chi connectivity index (χ1n) is 7.65. The number of H-pyrrole nitrogens is 1. The monoisotopic (exact) mass is 285 g/mol. The number of anilines is 1. The Labute approximate surface area is 125 Å². The molecule has 1 aliphatic rings. The summed E-state index contributed by atoms with van der Waals surface area (Å²) < 4.78 is 0. The van der Waals surface area contributed by atoms with Crippen molar-refractivity contribution in [2.24, 2.45) is 11.8 Å². The third-order valence-electron chi connectivity index (χ3n) is 4.79. The number of benzene rings is 1. The number of nitrogen functional groups attached to an aromatic ring is 1. The molecule has 0 bridgehead atoms. The van der Waals surface area contributed by atoms with Crippen LogP contribution < -0.4 is 5.73 Å². The van der Waals surface area contributed by atoms with E-state index in [1.165, 1.54) is 6.42 Å². The topological polar surface area (TPSA) is 62.1 Å². The minimum atomic E-state index is 0.122.